The summed E-state index contributed by atoms with van der Waals surface area (Å²) in [6.45, 7) is 4.10. The molecule has 1 aromatic carbocycles. The van der Waals surface area contributed by atoms with Gasteiger partial charge in [0.1, 0.15) is 11.4 Å². The second-order valence-electron chi connectivity index (χ2n) is 4.87. The quantitative estimate of drug-likeness (QED) is 0.870. The Morgan fingerprint density at radius 3 is 2.86 bits per heavy atom. The summed E-state index contributed by atoms with van der Waals surface area (Å²) in [5.74, 6) is 0.310. The van der Waals surface area contributed by atoms with Crippen molar-refractivity contribution < 1.29 is 9.53 Å². The minimum Gasteiger partial charge on any atom is -0.470 e. The van der Waals surface area contributed by atoms with E-state index in [-0.39, 0.29) is 18.7 Å². The zero-order valence-electron chi connectivity index (χ0n) is 12.3. The number of hydrogen-bond acceptors (Lipinski definition) is 3. The highest BCUT2D eigenvalue weighted by Crippen LogP contribution is 2.27. The number of carbonyl (C=O) groups is 1. The SMILES string of the molecule is CCC(C)NC(=O)c1ccn(COc2ccc(Cl)cc2Cl)n1. The smallest absolute Gasteiger partial charge is 0.271 e. The molecule has 0 aliphatic rings. The van der Waals surface area contributed by atoms with Crippen LogP contribution in [-0.4, -0.2) is 21.7 Å². The fourth-order valence-electron chi connectivity index (χ4n) is 1.68. The fraction of sp³-hybridized carbons (Fsp3) is 0.333. The van der Waals surface area contributed by atoms with Crippen molar-refractivity contribution in [3.05, 3.63) is 46.2 Å². The second kappa shape index (κ2) is 7.51. The lowest BCUT2D eigenvalue weighted by Crippen LogP contribution is -2.32. The molecule has 0 aliphatic carbocycles. The largest absolute Gasteiger partial charge is 0.470 e. The maximum absolute atomic E-state index is 11.9. The fourth-order valence-corrected chi connectivity index (χ4v) is 2.15. The van der Waals surface area contributed by atoms with Crippen molar-refractivity contribution in [2.75, 3.05) is 0 Å². The molecule has 1 amide bonds. The van der Waals surface area contributed by atoms with Crippen LogP contribution in [0, 0.1) is 0 Å². The van der Waals surface area contributed by atoms with Crippen molar-refractivity contribution in [3.63, 3.8) is 0 Å². The Hall–Kier alpha value is -1.72. The van der Waals surface area contributed by atoms with E-state index in [1.165, 1.54) is 4.68 Å². The van der Waals surface area contributed by atoms with E-state index in [1.807, 2.05) is 13.8 Å². The Morgan fingerprint density at radius 2 is 2.18 bits per heavy atom. The molecule has 118 valence electrons. The van der Waals surface area contributed by atoms with Gasteiger partial charge in [-0.1, -0.05) is 30.1 Å². The van der Waals surface area contributed by atoms with Crippen LogP contribution in [0.1, 0.15) is 30.8 Å². The molecule has 0 aliphatic heterocycles. The first-order chi connectivity index (χ1) is 10.5. The standard InChI is InChI=1S/C15H17Cl2N3O2/c1-3-10(2)18-15(21)13-6-7-20(19-13)9-22-14-5-4-11(16)8-12(14)17/h4-8,10H,3,9H2,1-2H3,(H,18,21). The van der Waals surface area contributed by atoms with Crippen LogP contribution in [0.15, 0.2) is 30.5 Å². The average molecular weight is 342 g/mol. The second-order valence-corrected chi connectivity index (χ2v) is 5.72. The average Bonchev–Trinajstić information content (AvgIpc) is 2.95. The third-order valence-electron chi connectivity index (χ3n) is 3.11. The Labute approximate surface area is 139 Å². The van der Waals surface area contributed by atoms with Crippen molar-refractivity contribution in [2.24, 2.45) is 0 Å². The van der Waals surface area contributed by atoms with E-state index in [2.05, 4.69) is 10.4 Å². The lowest BCUT2D eigenvalue weighted by atomic mass is 10.2. The number of amides is 1. The van der Waals surface area contributed by atoms with E-state index in [9.17, 15) is 4.79 Å². The summed E-state index contributed by atoms with van der Waals surface area (Å²) in [4.78, 5) is 11.9. The summed E-state index contributed by atoms with van der Waals surface area (Å²) < 4.78 is 7.08. The zero-order chi connectivity index (χ0) is 16.1. The van der Waals surface area contributed by atoms with E-state index in [4.69, 9.17) is 27.9 Å². The lowest BCUT2D eigenvalue weighted by molar-refractivity contribution is 0.0932. The zero-order valence-corrected chi connectivity index (χ0v) is 13.9. The predicted molar refractivity (Wildman–Crippen MR) is 86.5 cm³/mol. The maximum atomic E-state index is 11.9. The summed E-state index contributed by atoms with van der Waals surface area (Å²) in [5, 5.41) is 7.99. The number of rotatable bonds is 6. The van der Waals surface area contributed by atoms with Gasteiger partial charge in [0, 0.05) is 17.3 Å². The molecule has 0 fully saturated rings. The molecule has 0 saturated heterocycles. The molecule has 0 spiro atoms. The lowest BCUT2D eigenvalue weighted by Gasteiger charge is -2.10. The van der Waals surface area contributed by atoms with Gasteiger partial charge in [0.25, 0.3) is 5.91 Å². The molecule has 1 N–H and O–H groups in total. The Bertz CT molecular complexity index is 658. The van der Waals surface area contributed by atoms with Gasteiger partial charge in [0.05, 0.1) is 5.02 Å². The van der Waals surface area contributed by atoms with Crippen LogP contribution in [0.4, 0.5) is 0 Å². The molecule has 22 heavy (non-hydrogen) atoms. The molecule has 0 bridgehead atoms. The van der Waals surface area contributed by atoms with Crippen LogP contribution in [-0.2, 0) is 6.73 Å². The van der Waals surface area contributed by atoms with Gasteiger partial charge in [-0.25, -0.2) is 4.68 Å². The van der Waals surface area contributed by atoms with Gasteiger partial charge in [-0.15, -0.1) is 0 Å². The molecule has 2 aromatic rings. The summed E-state index contributed by atoms with van der Waals surface area (Å²) in [6.07, 6.45) is 2.54. The molecule has 1 aromatic heterocycles. The Balaban J connectivity index is 1.96. The molecule has 1 atom stereocenters. The summed E-state index contributed by atoms with van der Waals surface area (Å²) in [5.41, 5.74) is 0.353. The number of nitrogens with one attached hydrogen (secondary N) is 1. The van der Waals surface area contributed by atoms with Crippen molar-refractivity contribution in [2.45, 2.75) is 33.0 Å². The molecule has 0 radical (unpaired) electrons. The summed E-state index contributed by atoms with van der Waals surface area (Å²) in [6, 6.07) is 6.74. The predicted octanol–water partition coefficient (Wildman–Crippen LogP) is 3.75. The number of ether oxygens (including phenoxy) is 1. The number of carbonyl (C=O) groups excluding carboxylic acids is 1. The number of aromatic nitrogens is 2. The van der Waals surface area contributed by atoms with E-state index in [0.29, 0.717) is 21.5 Å². The highest BCUT2D eigenvalue weighted by atomic mass is 35.5. The van der Waals surface area contributed by atoms with Crippen LogP contribution in [0.5, 0.6) is 5.75 Å². The minimum atomic E-state index is -0.197. The van der Waals surface area contributed by atoms with Gasteiger partial charge >= 0.3 is 0 Å². The van der Waals surface area contributed by atoms with Crippen molar-refractivity contribution in [1.82, 2.24) is 15.1 Å². The third kappa shape index (κ3) is 4.39. The third-order valence-corrected chi connectivity index (χ3v) is 3.64. The number of benzene rings is 1. The molecule has 2 rings (SSSR count). The van der Waals surface area contributed by atoms with Crippen LogP contribution in [0.25, 0.3) is 0 Å². The van der Waals surface area contributed by atoms with Crippen LogP contribution in [0.3, 0.4) is 0 Å². The maximum Gasteiger partial charge on any atom is 0.271 e. The number of nitrogens with zero attached hydrogens (tertiary/aromatic N) is 2. The molecular weight excluding hydrogens is 325 g/mol. The van der Waals surface area contributed by atoms with Gasteiger partial charge in [-0.3, -0.25) is 4.79 Å². The molecule has 5 nitrogen and oxygen atoms in total. The van der Waals surface area contributed by atoms with E-state index >= 15 is 0 Å². The van der Waals surface area contributed by atoms with Crippen molar-refractivity contribution in [1.29, 1.82) is 0 Å². The normalized spacial score (nSPS) is 12.0. The van der Waals surface area contributed by atoms with Gasteiger partial charge in [0.2, 0.25) is 0 Å². The first kappa shape index (κ1) is 16.6. The van der Waals surface area contributed by atoms with Crippen LogP contribution >= 0.6 is 23.2 Å². The summed E-state index contributed by atoms with van der Waals surface area (Å²) in [7, 11) is 0. The molecule has 0 saturated carbocycles. The van der Waals surface area contributed by atoms with Gasteiger partial charge in [-0.2, -0.15) is 5.10 Å². The molecule has 1 heterocycles. The molecular formula is C15H17Cl2N3O2. The first-order valence-electron chi connectivity index (χ1n) is 6.91. The molecule has 7 heteroatoms. The van der Waals surface area contributed by atoms with Crippen LogP contribution < -0.4 is 10.1 Å². The highest BCUT2D eigenvalue weighted by Gasteiger charge is 2.12. The minimum absolute atomic E-state index is 0.113. The summed E-state index contributed by atoms with van der Waals surface area (Å²) >= 11 is 11.8. The van der Waals surface area contributed by atoms with E-state index < -0.39 is 0 Å². The van der Waals surface area contributed by atoms with Crippen molar-refractivity contribution in [3.8, 4) is 5.75 Å². The Morgan fingerprint density at radius 1 is 1.41 bits per heavy atom. The number of halogens is 2. The molecule has 1 unspecified atom stereocenters. The van der Waals surface area contributed by atoms with Gasteiger partial charge < -0.3 is 10.1 Å². The van der Waals surface area contributed by atoms with E-state index in [0.717, 1.165) is 6.42 Å². The number of hydrogen-bond donors (Lipinski definition) is 1. The first-order valence-corrected chi connectivity index (χ1v) is 7.67. The van der Waals surface area contributed by atoms with Crippen molar-refractivity contribution >= 4 is 29.1 Å². The van der Waals surface area contributed by atoms with Gasteiger partial charge in [-0.05, 0) is 37.6 Å². The van der Waals surface area contributed by atoms with Crippen LogP contribution in [0.2, 0.25) is 10.0 Å². The Kier molecular flexibility index (Phi) is 5.69. The monoisotopic (exact) mass is 341 g/mol. The van der Waals surface area contributed by atoms with Gasteiger partial charge in [0.15, 0.2) is 6.73 Å². The highest BCUT2D eigenvalue weighted by molar-refractivity contribution is 6.35. The topological polar surface area (TPSA) is 56.2 Å². The van der Waals surface area contributed by atoms with E-state index in [1.54, 1.807) is 30.5 Å².